The van der Waals surface area contributed by atoms with Crippen molar-refractivity contribution in [2.75, 3.05) is 13.2 Å². The first-order valence-corrected chi connectivity index (χ1v) is 8.10. The van der Waals surface area contributed by atoms with E-state index in [1.165, 1.54) is 19.1 Å². The van der Waals surface area contributed by atoms with Crippen LogP contribution < -0.4 is 5.32 Å². The van der Waals surface area contributed by atoms with Crippen molar-refractivity contribution in [3.63, 3.8) is 0 Å². The molecule has 2 aliphatic rings. The van der Waals surface area contributed by atoms with Crippen LogP contribution in [-0.2, 0) is 20.0 Å². The summed E-state index contributed by atoms with van der Waals surface area (Å²) < 4.78 is 10.4. The number of carbonyl (C=O) groups excluding carboxylic acids is 2. The van der Waals surface area contributed by atoms with Gasteiger partial charge in [-0.25, -0.2) is 4.79 Å². The molecule has 0 unspecified atom stereocenters. The molecule has 0 radical (unpaired) electrons. The fourth-order valence-electron chi connectivity index (χ4n) is 3.40. The summed E-state index contributed by atoms with van der Waals surface area (Å²) in [5, 5.41) is 24.8. The highest BCUT2D eigenvalue weighted by atomic mass is 16.6. The smallest absolute Gasteiger partial charge is 0.339 e. The van der Waals surface area contributed by atoms with Crippen LogP contribution in [0.25, 0.3) is 0 Å². The maximum Gasteiger partial charge on any atom is 0.339 e. The Balaban J connectivity index is 1.89. The molecule has 134 valence electrons. The maximum absolute atomic E-state index is 12.8. The van der Waals surface area contributed by atoms with Gasteiger partial charge in [0.05, 0.1) is 12.7 Å². The molecule has 0 spiro atoms. The van der Waals surface area contributed by atoms with Gasteiger partial charge in [0.1, 0.15) is 12.2 Å². The van der Waals surface area contributed by atoms with Crippen LogP contribution in [0.15, 0.2) is 35.5 Å². The van der Waals surface area contributed by atoms with Crippen molar-refractivity contribution < 1.29 is 29.3 Å². The molecule has 25 heavy (non-hydrogen) atoms. The molecule has 0 saturated carbocycles. The van der Waals surface area contributed by atoms with Crippen molar-refractivity contribution in [2.45, 2.75) is 38.2 Å². The quantitative estimate of drug-likeness (QED) is 0.529. The van der Waals surface area contributed by atoms with E-state index in [2.05, 4.69) is 5.32 Å². The summed E-state index contributed by atoms with van der Waals surface area (Å²) in [6, 6.07) is 6.31. The number of ketones is 1. The lowest BCUT2D eigenvalue weighted by molar-refractivity contribution is -0.148. The third-order valence-electron chi connectivity index (χ3n) is 4.49. The third kappa shape index (κ3) is 2.38. The molecule has 3 rings (SSSR count). The second kappa shape index (κ2) is 5.94. The zero-order chi connectivity index (χ0) is 18.4. The minimum atomic E-state index is -2.42. The molecule has 0 fully saturated rings. The Morgan fingerprint density at radius 3 is 2.60 bits per heavy atom. The number of Topliss-reactive ketones (excluding diaryl/α,β-unsaturated/α-hetero) is 1. The van der Waals surface area contributed by atoms with Crippen molar-refractivity contribution in [3.05, 3.63) is 46.7 Å². The van der Waals surface area contributed by atoms with Crippen LogP contribution in [0, 0.1) is 0 Å². The first kappa shape index (κ1) is 17.6. The predicted molar refractivity (Wildman–Crippen MR) is 87.5 cm³/mol. The largest absolute Gasteiger partial charge is 0.460 e. The molecule has 2 atom stereocenters. The number of rotatable bonds is 5. The lowest BCUT2D eigenvalue weighted by atomic mass is 9.85. The highest BCUT2D eigenvalue weighted by Crippen LogP contribution is 2.51. The number of esters is 1. The van der Waals surface area contributed by atoms with Gasteiger partial charge in [0, 0.05) is 16.8 Å². The molecule has 0 bridgehead atoms. The molecule has 1 aliphatic carbocycles. The van der Waals surface area contributed by atoms with E-state index in [1.807, 2.05) is 13.8 Å². The van der Waals surface area contributed by atoms with Gasteiger partial charge < -0.3 is 25.0 Å². The molecule has 0 saturated heterocycles. The van der Waals surface area contributed by atoms with Crippen molar-refractivity contribution in [2.24, 2.45) is 0 Å². The molecule has 3 N–H and O–H groups in total. The van der Waals surface area contributed by atoms with Gasteiger partial charge in [-0.1, -0.05) is 24.3 Å². The average molecular weight is 347 g/mol. The summed E-state index contributed by atoms with van der Waals surface area (Å²) in [4.78, 5) is 25.3. The Morgan fingerprint density at radius 2 is 1.92 bits per heavy atom. The summed E-state index contributed by atoms with van der Waals surface area (Å²) in [6.45, 7) is 5.38. The van der Waals surface area contributed by atoms with E-state index in [0.29, 0.717) is 0 Å². The topological polar surface area (TPSA) is 105 Å². The first-order chi connectivity index (χ1) is 11.7. The predicted octanol–water partition coefficient (Wildman–Crippen LogP) is 0.604. The molecule has 0 amide bonds. The standard InChI is InChI=1S/C18H21NO6/c1-10(2)24-8-9-25-16(21)14-11(3)19-18(23)13-7-5-4-6-12(13)15(20)17(14,18)22/h4-7,10,19,22-23H,8-9H2,1-3H3/t17-,18+/m1/s1. The molecule has 1 heterocycles. The Bertz CT molecular complexity index is 771. The Kier molecular flexibility index (Phi) is 4.18. The van der Waals surface area contributed by atoms with Crippen LogP contribution in [0.3, 0.4) is 0 Å². The molecule has 0 aromatic heterocycles. The van der Waals surface area contributed by atoms with Gasteiger partial charge in [-0.05, 0) is 20.8 Å². The molecular formula is C18H21NO6. The second-order valence-electron chi connectivity index (χ2n) is 6.48. The Morgan fingerprint density at radius 1 is 1.24 bits per heavy atom. The number of allylic oxidation sites excluding steroid dienone is 1. The monoisotopic (exact) mass is 347 g/mol. The normalized spacial score (nSPS) is 27.4. The number of ether oxygens (including phenoxy) is 2. The SMILES string of the molecule is CC1=C(C(=O)OCCOC(C)C)[C@@]2(O)C(=O)c3ccccc3[C@@]2(O)N1. The van der Waals surface area contributed by atoms with E-state index in [1.54, 1.807) is 12.1 Å². The van der Waals surface area contributed by atoms with Gasteiger partial charge in [-0.2, -0.15) is 0 Å². The van der Waals surface area contributed by atoms with Gasteiger partial charge in [0.2, 0.25) is 17.1 Å². The van der Waals surface area contributed by atoms with Crippen LogP contribution >= 0.6 is 0 Å². The van der Waals surface area contributed by atoms with Crippen LogP contribution in [0.5, 0.6) is 0 Å². The molecule has 7 heteroatoms. The van der Waals surface area contributed by atoms with Gasteiger partial charge in [0.15, 0.2) is 0 Å². The zero-order valence-electron chi connectivity index (χ0n) is 14.3. The van der Waals surface area contributed by atoms with Crippen molar-refractivity contribution in [1.29, 1.82) is 0 Å². The van der Waals surface area contributed by atoms with Gasteiger partial charge in [0.25, 0.3) is 0 Å². The summed E-state index contributed by atoms with van der Waals surface area (Å²) in [5.74, 6) is -1.60. The van der Waals surface area contributed by atoms with Crippen molar-refractivity contribution >= 4 is 11.8 Å². The first-order valence-electron chi connectivity index (χ1n) is 8.10. The fourth-order valence-corrected chi connectivity index (χ4v) is 3.40. The molecule has 7 nitrogen and oxygen atoms in total. The second-order valence-corrected chi connectivity index (χ2v) is 6.48. The molecule has 1 aliphatic heterocycles. The van der Waals surface area contributed by atoms with E-state index < -0.39 is 23.1 Å². The number of aliphatic hydroxyl groups is 2. The van der Waals surface area contributed by atoms with E-state index in [4.69, 9.17) is 9.47 Å². The van der Waals surface area contributed by atoms with E-state index in [9.17, 15) is 19.8 Å². The van der Waals surface area contributed by atoms with Crippen LogP contribution in [0.2, 0.25) is 0 Å². The number of fused-ring (bicyclic) bond motifs is 3. The number of carbonyl (C=O) groups is 2. The summed E-state index contributed by atoms with van der Waals surface area (Å²) in [7, 11) is 0. The summed E-state index contributed by atoms with van der Waals surface area (Å²) in [5.41, 5.74) is -4.19. The van der Waals surface area contributed by atoms with Crippen LogP contribution in [0.1, 0.15) is 36.7 Å². The highest BCUT2D eigenvalue weighted by Gasteiger charge is 2.70. The Labute approximate surface area is 145 Å². The zero-order valence-corrected chi connectivity index (χ0v) is 14.3. The van der Waals surface area contributed by atoms with Crippen LogP contribution in [0.4, 0.5) is 0 Å². The number of hydrogen-bond acceptors (Lipinski definition) is 7. The number of nitrogens with one attached hydrogen (secondary N) is 1. The van der Waals surface area contributed by atoms with Gasteiger partial charge in [-0.3, -0.25) is 4.79 Å². The molecular weight excluding hydrogens is 326 g/mol. The molecule has 1 aromatic carbocycles. The van der Waals surface area contributed by atoms with Crippen molar-refractivity contribution in [3.8, 4) is 0 Å². The van der Waals surface area contributed by atoms with E-state index in [0.717, 1.165) is 0 Å². The van der Waals surface area contributed by atoms with E-state index >= 15 is 0 Å². The number of benzene rings is 1. The average Bonchev–Trinajstić information content (AvgIpc) is 2.86. The minimum absolute atomic E-state index is 0.00649. The minimum Gasteiger partial charge on any atom is -0.460 e. The highest BCUT2D eigenvalue weighted by molar-refractivity contribution is 6.16. The summed E-state index contributed by atoms with van der Waals surface area (Å²) >= 11 is 0. The number of hydrogen-bond donors (Lipinski definition) is 3. The third-order valence-corrected chi connectivity index (χ3v) is 4.49. The molecule has 1 aromatic rings. The lowest BCUT2D eigenvalue weighted by Gasteiger charge is -2.31. The lowest BCUT2D eigenvalue weighted by Crippen LogP contribution is -2.56. The Hall–Kier alpha value is -2.22. The maximum atomic E-state index is 12.8. The van der Waals surface area contributed by atoms with E-state index in [-0.39, 0.29) is 41.7 Å². The van der Waals surface area contributed by atoms with Gasteiger partial charge >= 0.3 is 5.97 Å². The summed E-state index contributed by atoms with van der Waals surface area (Å²) in [6.07, 6.45) is -0.00649. The fraction of sp³-hybridized carbons (Fsp3) is 0.444. The van der Waals surface area contributed by atoms with Gasteiger partial charge in [-0.15, -0.1) is 0 Å². The van der Waals surface area contributed by atoms with Crippen molar-refractivity contribution in [1.82, 2.24) is 5.32 Å². The van der Waals surface area contributed by atoms with Crippen LogP contribution in [-0.4, -0.2) is 46.9 Å².